The number of nitrogens with zero attached hydrogens (tertiary/aromatic N) is 3. The van der Waals surface area contributed by atoms with E-state index in [1.807, 2.05) is 13.0 Å². The van der Waals surface area contributed by atoms with Gasteiger partial charge in [-0.2, -0.15) is 0 Å². The third kappa shape index (κ3) is 6.20. The number of hydrogen-bond acceptors (Lipinski definition) is 5. The minimum absolute atomic E-state index is 0.00398. The molecule has 0 atom stereocenters. The molecule has 22 heavy (non-hydrogen) atoms. The molecule has 0 bridgehead atoms. The number of aromatic nitrogens is 2. The first-order valence-corrected chi connectivity index (χ1v) is 7.01. The van der Waals surface area contributed by atoms with Crippen molar-refractivity contribution < 1.29 is 9.63 Å². The van der Waals surface area contributed by atoms with Gasteiger partial charge in [0, 0.05) is 23.5 Å². The Kier molecular flexibility index (Phi) is 7.49. The molecule has 0 aliphatic carbocycles. The highest BCUT2D eigenvalue weighted by Gasteiger charge is 1.98. The van der Waals surface area contributed by atoms with Gasteiger partial charge in [0.2, 0.25) is 0 Å². The van der Waals surface area contributed by atoms with Gasteiger partial charge in [-0.15, -0.1) is 0 Å². The van der Waals surface area contributed by atoms with Crippen molar-refractivity contribution in [2.75, 3.05) is 7.11 Å². The number of carbonyl (C=O) groups is 1. The van der Waals surface area contributed by atoms with E-state index in [0.717, 1.165) is 11.3 Å². The second-order valence-electron chi connectivity index (χ2n) is 4.15. The first kappa shape index (κ1) is 18.1. The van der Waals surface area contributed by atoms with Gasteiger partial charge in [0.1, 0.15) is 17.4 Å². The second-order valence-corrected chi connectivity index (χ2v) is 4.92. The molecule has 0 aromatic carbocycles. The Morgan fingerprint density at radius 1 is 1.05 bits per heavy atom. The minimum Gasteiger partial charge on any atom is -0.399 e. The zero-order valence-corrected chi connectivity index (χ0v) is 13.9. The highest BCUT2D eigenvalue weighted by molar-refractivity contribution is 6.30. The Labute approximate surface area is 138 Å². The van der Waals surface area contributed by atoms with Gasteiger partial charge in [-0.1, -0.05) is 28.4 Å². The van der Waals surface area contributed by atoms with Gasteiger partial charge < -0.3 is 4.84 Å². The lowest BCUT2D eigenvalue weighted by atomic mass is 10.2. The molecule has 2 rings (SSSR count). The fraction of sp³-hybridized carbons (Fsp3) is 0.200. The quantitative estimate of drug-likeness (QED) is 0.366. The van der Waals surface area contributed by atoms with Crippen molar-refractivity contribution in [3.05, 3.63) is 58.1 Å². The summed E-state index contributed by atoms with van der Waals surface area (Å²) in [5.41, 5.74) is 2.29. The molecule has 0 saturated carbocycles. The summed E-state index contributed by atoms with van der Waals surface area (Å²) in [4.78, 5) is 22.9. The van der Waals surface area contributed by atoms with Crippen LogP contribution in [0.4, 0.5) is 0 Å². The predicted octanol–water partition coefficient (Wildman–Crippen LogP) is 4.04. The van der Waals surface area contributed by atoms with Crippen LogP contribution in [0, 0.1) is 0 Å². The molecule has 0 fully saturated rings. The first-order chi connectivity index (χ1) is 10.4. The number of rotatable bonds is 3. The van der Waals surface area contributed by atoms with Gasteiger partial charge in [0.05, 0.1) is 5.71 Å². The van der Waals surface area contributed by atoms with E-state index in [-0.39, 0.29) is 5.78 Å². The number of carbonyl (C=O) groups excluding carboxylic acids is 1. The van der Waals surface area contributed by atoms with Gasteiger partial charge in [-0.3, -0.25) is 4.79 Å². The van der Waals surface area contributed by atoms with Crippen LogP contribution in [-0.4, -0.2) is 28.6 Å². The molecule has 7 heteroatoms. The normalized spacial score (nSPS) is 10.5. The molecule has 116 valence electrons. The van der Waals surface area contributed by atoms with E-state index in [1.54, 1.807) is 24.4 Å². The summed E-state index contributed by atoms with van der Waals surface area (Å²) in [5, 5.41) is 4.58. The van der Waals surface area contributed by atoms with Crippen LogP contribution in [0.25, 0.3) is 0 Å². The molecule has 2 aromatic heterocycles. The average Bonchev–Trinajstić information content (AvgIpc) is 2.48. The van der Waals surface area contributed by atoms with E-state index in [0.29, 0.717) is 15.9 Å². The topological polar surface area (TPSA) is 64.4 Å². The van der Waals surface area contributed by atoms with Gasteiger partial charge in [-0.05, 0) is 38.1 Å². The Hall–Kier alpha value is -1.98. The Morgan fingerprint density at radius 3 is 1.95 bits per heavy atom. The third-order valence-corrected chi connectivity index (χ3v) is 2.92. The van der Waals surface area contributed by atoms with Crippen LogP contribution >= 0.6 is 23.2 Å². The zero-order valence-electron chi connectivity index (χ0n) is 12.4. The van der Waals surface area contributed by atoms with Crippen LogP contribution < -0.4 is 0 Å². The van der Waals surface area contributed by atoms with Crippen molar-refractivity contribution in [1.82, 2.24) is 9.97 Å². The number of oxime groups is 1. The third-order valence-electron chi connectivity index (χ3n) is 2.51. The van der Waals surface area contributed by atoms with E-state index >= 15 is 0 Å². The fourth-order valence-electron chi connectivity index (χ4n) is 1.44. The van der Waals surface area contributed by atoms with E-state index < -0.39 is 0 Å². The first-order valence-electron chi connectivity index (χ1n) is 6.26. The van der Waals surface area contributed by atoms with E-state index in [1.165, 1.54) is 20.2 Å². The molecule has 2 heterocycles. The maximum Gasteiger partial charge on any atom is 0.159 e. The van der Waals surface area contributed by atoms with Crippen molar-refractivity contribution in [2.45, 2.75) is 13.8 Å². The predicted molar refractivity (Wildman–Crippen MR) is 87.7 cm³/mol. The molecule has 0 saturated heterocycles. The SMILES string of the molecule is CC(=O)c1ccnc(Cl)c1.CO/N=C(/C)c1ccnc(Cl)c1. The Balaban J connectivity index is 0.000000224. The van der Waals surface area contributed by atoms with Crippen molar-refractivity contribution in [1.29, 1.82) is 0 Å². The van der Waals surface area contributed by atoms with Crippen LogP contribution in [0.15, 0.2) is 41.8 Å². The number of Topliss-reactive ketones (excluding diaryl/α,β-unsaturated/α-hetero) is 1. The summed E-state index contributed by atoms with van der Waals surface area (Å²) in [7, 11) is 1.51. The number of pyridine rings is 2. The summed E-state index contributed by atoms with van der Waals surface area (Å²) in [5.74, 6) is 0.00398. The molecule has 2 aromatic rings. The van der Waals surface area contributed by atoms with Crippen molar-refractivity contribution in [3.8, 4) is 0 Å². The van der Waals surface area contributed by atoms with E-state index in [9.17, 15) is 4.79 Å². The monoisotopic (exact) mass is 339 g/mol. The van der Waals surface area contributed by atoms with Crippen LogP contribution in [0.3, 0.4) is 0 Å². The lowest BCUT2D eigenvalue weighted by Gasteiger charge is -1.98. The number of hydrogen-bond donors (Lipinski definition) is 0. The summed E-state index contributed by atoms with van der Waals surface area (Å²) in [6.45, 7) is 3.33. The molecular weight excluding hydrogens is 325 g/mol. The van der Waals surface area contributed by atoms with Crippen LogP contribution in [0.5, 0.6) is 0 Å². The number of ketones is 1. The average molecular weight is 340 g/mol. The molecule has 0 aliphatic rings. The molecular formula is C15H15Cl2N3O2. The van der Waals surface area contributed by atoms with Crippen LogP contribution in [-0.2, 0) is 4.84 Å². The maximum absolute atomic E-state index is 10.7. The number of halogens is 2. The lowest BCUT2D eigenvalue weighted by molar-refractivity contribution is 0.101. The molecule has 0 amide bonds. The molecule has 0 unspecified atom stereocenters. The summed E-state index contributed by atoms with van der Waals surface area (Å²) in [6.07, 6.45) is 3.14. The highest BCUT2D eigenvalue weighted by Crippen LogP contribution is 2.08. The van der Waals surface area contributed by atoms with Gasteiger partial charge in [-0.25, -0.2) is 9.97 Å². The van der Waals surface area contributed by atoms with Crippen molar-refractivity contribution in [2.24, 2.45) is 5.16 Å². The van der Waals surface area contributed by atoms with Crippen molar-refractivity contribution >= 4 is 34.7 Å². The molecule has 0 aliphatic heterocycles. The molecule has 0 N–H and O–H groups in total. The van der Waals surface area contributed by atoms with E-state index in [4.69, 9.17) is 23.2 Å². The lowest BCUT2D eigenvalue weighted by Crippen LogP contribution is -1.95. The maximum atomic E-state index is 10.7. The van der Waals surface area contributed by atoms with Crippen LogP contribution in [0.2, 0.25) is 10.3 Å². The van der Waals surface area contributed by atoms with Crippen molar-refractivity contribution in [3.63, 3.8) is 0 Å². The Bertz CT molecular complexity index is 675. The van der Waals surface area contributed by atoms with Gasteiger partial charge in [0.25, 0.3) is 0 Å². The van der Waals surface area contributed by atoms with Crippen LogP contribution in [0.1, 0.15) is 29.8 Å². The standard InChI is InChI=1S/C8H9ClN2O.C7H6ClNO/c1-6(11-12-2)7-3-4-10-8(9)5-7;1-5(10)6-2-3-9-7(8)4-6/h3-5H,1-2H3;2-4H,1H3/b11-6-;. The highest BCUT2D eigenvalue weighted by atomic mass is 35.5. The summed E-state index contributed by atoms with van der Waals surface area (Å²) in [6, 6.07) is 6.74. The molecule has 0 spiro atoms. The molecule has 0 radical (unpaired) electrons. The smallest absolute Gasteiger partial charge is 0.159 e. The Morgan fingerprint density at radius 2 is 1.55 bits per heavy atom. The summed E-state index contributed by atoms with van der Waals surface area (Å²) < 4.78 is 0. The minimum atomic E-state index is 0.00398. The zero-order chi connectivity index (χ0) is 16.5. The fourth-order valence-corrected chi connectivity index (χ4v) is 1.79. The molecule has 5 nitrogen and oxygen atoms in total. The van der Waals surface area contributed by atoms with Gasteiger partial charge in [0.15, 0.2) is 5.78 Å². The second kappa shape index (κ2) is 9.12. The largest absolute Gasteiger partial charge is 0.399 e. The van der Waals surface area contributed by atoms with E-state index in [2.05, 4.69) is 20.0 Å². The summed E-state index contributed by atoms with van der Waals surface area (Å²) >= 11 is 11.2. The van der Waals surface area contributed by atoms with Gasteiger partial charge >= 0.3 is 0 Å².